The van der Waals surface area contributed by atoms with Crippen LogP contribution in [0, 0.1) is 11.7 Å². The van der Waals surface area contributed by atoms with Gasteiger partial charge in [-0.15, -0.1) is 12.4 Å². The van der Waals surface area contributed by atoms with Crippen molar-refractivity contribution in [2.75, 3.05) is 0 Å². The largest absolute Gasteiger partial charge is 0.324 e. The lowest BCUT2D eigenvalue weighted by molar-refractivity contribution is 0.487. The fraction of sp³-hybridized carbons (Fsp3) is 0.455. The van der Waals surface area contributed by atoms with E-state index in [4.69, 9.17) is 5.73 Å². The smallest absolute Gasteiger partial charge is 0.142 e. The van der Waals surface area contributed by atoms with Gasteiger partial charge in [0.2, 0.25) is 0 Å². The predicted molar refractivity (Wildman–Crippen MR) is 67.7 cm³/mol. The molecule has 0 fully saturated rings. The Hall–Kier alpha value is -0.120. The molecule has 86 valence electrons. The van der Waals surface area contributed by atoms with E-state index < -0.39 is 0 Å². The van der Waals surface area contributed by atoms with E-state index in [0.29, 0.717) is 16.0 Å². The van der Waals surface area contributed by atoms with E-state index in [-0.39, 0.29) is 24.3 Å². The van der Waals surface area contributed by atoms with Crippen molar-refractivity contribution in [3.63, 3.8) is 0 Å². The van der Waals surface area contributed by atoms with Gasteiger partial charge in [0.1, 0.15) is 5.82 Å². The molecule has 1 atom stereocenters. The maximum absolute atomic E-state index is 13.6. The first-order valence-corrected chi connectivity index (χ1v) is 5.51. The molecule has 0 bridgehead atoms. The van der Waals surface area contributed by atoms with Gasteiger partial charge < -0.3 is 5.73 Å². The van der Waals surface area contributed by atoms with E-state index in [1.54, 1.807) is 12.1 Å². The zero-order chi connectivity index (χ0) is 10.7. The molecule has 1 aromatic carbocycles. The van der Waals surface area contributed by atoms with Gasteiger partial charge in [0.05, 0.1) is 4.47 Å². The lowest BCUT2D eigenvalue weighted by Gasteiger charge is -2.15. The summed E-state index contributed by atoms with van der Waals surface area (Å²) in [4.78, 5) is 0. The minimum Gasteiger partial charge on any atom is -0.324 e. The first-order valence-electron chi connectivity index (χ1n) is 4.72. The number of benzene rings is 1. The van der Waals surface area contributed by atoms with Crippen LogP contribution in [0.25, 0.3) is 0 Å². The standard InChI is InChI=1S/C11H15BrFN.ClH/c1-7(2)6-10(14)8-4-3-5-9(12)11(8)13;/h3-5,7,10H,6,14H2,1-2H3;1H/t10-;/m1./s1. The Labute approximate surface area is 105 Å². The molecule has 0 spiro atoms. The van der Waals surface area contributed by atoms with Gasteiger partial charge >= 0.3 is 0 Å². The molecule has 0 amide bonds. The average Bonchev–Trinajstić information content (AvgIpc) is 2.08. The summed E-state index contributed by atoms with van der Waals surface area (Å²) in [5, 5.41) is 0. The Bertz CT molecular complexity index is 317. The summed E-state index contributed by atoms with van der Waals surface area (Å²) in [5.74, 6) is 0.240. The number of nitrogens with two attached hydrogens (primary N) is 1. The Morgan fingerprint density at radius 3 is 2.53 bits per heavy atom. The zero-order valence-electron chi connectivity index (χ0n) is 8.84. The van der Waals surface area contributed by atoms with Crippen LogP contribution in [-0.2, 0) is 0 Å². The van der Waals surface area contributed by atoms with Gasteiger partial charge in [0, 0.05) is 11.6 Å². The van der Waals surface area contributed by atoms with Crippen LogP contribution in [0.15, 0.2) is 22.7 Å². The van der Waals surface area contributed by atoms with Crippen molar-refractivity contribution in [1.82, 2.24) is 0 Å². The Balaban J connectivity index is 0.00000196. The van der Waals surface area contributed by atoms with Crippen LogP contribution >= 0.6 is 28.3 Å². The predicted octanol–water partition coefficient (Wildman–Crippen LogP) is 4.06. The van der Waals surface area contributed by atoms with Crippen LogP contribution in [0.1, 0.15) is 31.9 Å². The van der Waals surface area contributed by atoms with Crippen LogP contribution in [-0.4, -0.2) is 0 Å². The monoisotopic (exact) mass is 295 g/mol. The van der Waals surface area contributed by atoms with E-state index in [9.17, 15) is 4.39 Å². The first-order chi connectivity index (χ1) is 6.52. The van der Waals surface area contributed by atoms with Gasteiger partial charge in [0.15, 0.2) is 0 Å². The molecule has 0 aliphatic rings. The van der Waals surface area contributed by atoms with Gasteiger partial charge in [-0.1, -0.05) is 26.0 Å². The molecule has 1 rings (SSSR count). The van der Waals surface area contributed by atoms with Crippen molar-refractivity contribution >= 4 is 28.3 Å². The highest BCUT2D eigenvalue weighted by Gasteiger charge is 2.14. The summed E-state index contributed by atoms with van der Waals surface area (Å²) < 4.78 is 14.1. The summed E-state index contributed by atoms with van der Waals surface area (Å²) in [6.07, 6.45) is 0.799. The molecule has 0 saturated heterocycles. The molecule has 4 heteroatoms. The minimum atomic E-state index is -0.236. The molecule has 15 heavy (non-hydrogen) atoms. The highest BCUT2D eigenvalue weighted by atomic mass is 79.9. The topological polar surface area (TPSA) is 26.0 Å². The van der Waals surface area contributed by atoms with Crippen molar-refractivity contribution in [1.29, 1.82) is 0 Å². The molecular formula is C11H16BrClFN. The van der Waals surface area contributed by atoms with Gasteiger partial charge in [0.25, 0.3) is 0 Å². The van der Waals surface area contributed by atoms with Crippen molar-refractivity contribution in [3.8, 4) is 0 Å². The third-order valence-corrected chi connectivity index (χ3v) is 2.72. The van der Waals surface area contributed by atoms with Crippen LogP contribution in [0.4, 0.5) is 4.39 Å². The van der Waals surface area contributed by atoms with Gasteiger partial charge in [-0.3, -0.25) is 0 Å². The van der Waals surface area contributed by atoms with Gasteiger partial charge in [-0.25, -0.2) is 4.39 Å². The van der Waals surface area contributed by atoms with E-state index in [1.165, 1.54) is 0 Å². The van der Waals surface area contributed by atoms with Crippen LogP contribution in [0.2, 0.25) is 0 Å². The highest BCUT2D eigenvalue weighted by Crippen LogP contribution is 2.25. The fourth-order valence-electron chi connectivity index (χ4n) is 1.44. The normalized spacial score (nSPS) is 12.4. The Kier molecular flexibility index (Phi) is 6.41. The zero-order valence-corrected chi connectivity index (χ0v) is 11.2. The molecule has 0 radical (unpaired) electrons. The minimum absolute atomic E-state index is 0. The van der Waals surface area contributed by atoms with Gasteiger partial charge in [-0.2, -0.15) is 0 Å². The highest BCUT2D eigenvalue weighted by molar-refractivity contribution is 9.10. The van der Waals surface area contributed by atoms with Crippen molar-refractivity contribution in [2.45, 2.75) is 26.3 Å². The Morgan fingerprint density at radius 1 is 1.40 bits per heavy atom. The first kappa shape index (κ1) is 14.9. The van der Waals surface area contributed by atoms with E-state index in [1.807, 2.05) is 6.07 Å². The second-order valence-corrected chi connectivity index (χ2v) is 4.73. The number of rotatable bonds is 3. The maximum Gasteiger partial charge on any atom is 0.142 e. The average molecular weight is 297 g/mol. The van der Waals surface area contributed by atoms with Crippen LogP contribution in [0.5, 0.6) is 0 Å². The molecule has 0 aromatic heterocycles. The second-order valence-electron chi connectivity index (χ2n) is 3.88. The molecular weight excluding hydrogens is 280 g/mol. The Morgan fingerprint density at radius 2 is 2.00 bits per heavy atom. The molecule has 0 aliphatic heterocycles. The van der Waals surface area contributed by atoms with E-state index in [2.05, 4.69) is 29.8 Å². The number of hydrogen-bond donors (Lipinski definition) is 1. The van der Waals surface area contributed by atoms with E-state index in [0.717, 1.165) is 6.42 Å². The van der Waals surface area contributed by atoms with Crippen LogP contribution in [0.3, 0.4) is 0 Å². The molecule has 1 aromatic rings. The quantitative estimate of drug-likeness (QED) is 0.894. The molecule has 0 aliphatic carbocycles. The summed E-state index contributed by atoms with van der Waals surface area (Å²) in [6, 6.07) is 5.02. The molecule has 0 unspecified atom stereocenters. The third-order valence-electron chi connectivity index (χ3n) is 2.11. The van der Waals surface area contributed by atoms with Crippen molar-refractivity contribution < 1.29 is 4.39 Å². The summed E-state index contributed by atoms with van der Waals surface area (Å²) in [6.45, 7) is 4.16. The third kappa shape index (κ3) is 4.09. The SMILES string of the molecule is CC(C)C[C@@H](N)c1cccc(Br)c1F.Cl. The van der Waals surface area contributed by atoms with E-state index >= 15 is 0 Å². The molecule has 1 nitrogen and oxygen atoms in total. The molecule has 0 heterocycles. The second kappa shape index (κ2) is 6.46. The molecule has 0 saturated carbocycles. The lowest BCUT2D eigenvalue weighted by Crippen LogP contribution is -2.14. The van der Waals surface area contributed by atoms with Crippen molar-refractivity contribution in [2.24, 2.45) is 11.7 Å². The summed E-state index contributed by atoms with van der Waals surface area (Å²) in [7, 11) is 0. The van der Waals surface area contributed by atoms with Gasteiger partial charge in [-0.05, 0) is 34.3 Å². The summed E-state index contributed by atoms with van der Waals surface area (Å²) in [5.41, 5.74) is 6.50. The number of halogens is 3. The molecule has 2 N–H and O–H groups in total. The lowest BCUT2D eigenvalue weighted by atomic mass is 9.97. The van der Waals surface area contributed by atoms with Crippen molar-refractivity contribution in [3.05, 3.63) is 34.1 Å². The maximum atomic E-state index is 13.6. The van der Waals surface area contributed by atoms with Crippen LogP contribution < -0.4 is 5.73 Å². The summed E-state index contributed by atoms with van der Waals surface area (Å²) >= 11 is 3.15. The fourth-order valence-corrected chi connectivity index (χ4v) is 1.82. The number of hydrogen-bond acceptors (Lipinski definition) is 1.